The molecule has 0 bridgehead atoms. The van der Waals surface area contributed by atoms with Gasteiger partial charge in [-0.1, -0.05) is 18.1 Å². The number of hydrogen-bond acceptors (Lipinski definition) is 5. The van der Waals surface area contributed by atoms with E-state index in [1.807, 2.05) is 15.8 Å². The minimum absolute atomic E-state index is 0. The minimum Gasteiger partial charge on any atom is -0.376 e. The molecule has 1 atom stereocenters. The van der Waals surface area contributed by atoms with E-state index in [0.29, 0.717) is 24.3 Å². The highest BCUT2D eigenvalue weighted by molar-refractivity contribution is 5.92. The van der Waals surface area contributed by atoms with Gasteiger partial charge in [-0.15, -0.1) is 17.5 Å². The van der Waals surface area contributed by atoms with E-state index in [1.54, 1.807) is 0 Å². The first-order valence-electron chi connectivity index (χ1n) is 9.86. The Hall–Kier alpha value is -1.18. The number of rotatable bonds is 5. The maximum Gasteiger partial charge on any atom is 0.276 e. The number of carbonyl (C=O) groups is 1. The number of halogens is 1. The van der Waals surface area contributed by atoms with Crippen LogP contribution in [0, 0.1) is 0 Å². The molecule has 1 N–H and O–H groups in total. The van der Waals surface area contributed by atoms with Gasteiger partial charge in [-0.25, -0.2) is 4.68 Å². The van der Waals surface area contributed by atoms with Gasteiger partial charge in [-0.3, -0.25) is 4.79 Å². The Bertz CT molecular complexity index is 578. The number of aromatic nitrogens is 3. The fourth-order valence-electron chi connectivity index (χ4n) is 4.39. The van der Waals surface area contributed by atoms with E-state index < -0.39 is 0 Å². The first kappa shape index (κ1) is 19.6. The third-order valence-corrected chi connectivity index (χ3v) is 5.86. The number of piperidine rings is 1. The second kappa shape index (κ2) is 9.15. The maximum atomic E-state index is 13.2. The largest absolute Gasteiger partial charge is 0.376 e. The zero-order chi connectivity index (χ0) is 17.1. The second-order valence-electron chi connectivity index (χ2n) is 7.60. The van der Waals surface area contributed by atoms with Crippen molar-refractivity contribution in [3.63, 3.8) is 0 Å². The maximum absolute atomic E-state index is 13.2. The first-order chi connectivity index (χ1) is 12.3. The summed E-state index contributed by atoms with van der Waals surface area (Å²) in [6.45, 7) is 3.52. The molecule has 3 heterocycles. The zero-order valence-electron chi connectivity index (χ0n) is 15.3. The van der Waals surface area contributed by atoms with Gasteiger partial charge in [0.15, 0.2) is 5.69 Å². The molecule has 146 valence electrons. The third kappa shape index (κ3) is 4.38. The molecule has 1 unspecified atom stereocenters. The fourth-order valence-corrected chi connectivity index (χ4v) is 4.39. The van der Waals surface area contributed by atoms with Gasteiger partial charge in [-0.2, -0.15) is 0 Å². The fraction of sp³-hybridized carbons (Fsp3) is 0.833. The summed E-state index contributed by atoms with van der Waals surface area (Å²) in [5, 5.41) is 11.8. The van der Waals surface area contributed by atoms with Crippen LogP contribution in [-0.4, -0.2) is 64.2 Å². The summed E-state index contributed by atoms with van der Waals surface area (Å²) in [5.74, 6) is 0.0302. The average Bonchev–Trinajstić information content (AvgIpc) is 3.42. The number of ether oxygens (including phenoxy) is 1. The van der Waals surface area contributed by atoms with E-state index in [2.05, 4.69) is 15.6 Å². The van der Waals surface area contributed by atoms with Crippen molar-refractivity contribution in [1.29, 1.82) is 0 Å². The van der Waals surface area contributed by atoms with Gasteiger partial charge in [0, 0.05) is 19.2 Å². The van der Waals surface area contributed by atoms with Gasteiger partial charge < -0.3 is 15.0 Å². The smallest absolute Gasteiger partial charge is 0.276 e. The molecule has 3 fully saturated rings. The van der Waals surface area contributed by atoms with Crippen molar-refractivity contribution in [2.24, 2.45) is 0 Å². The Labute approximate surface area is 161 Å². The van der Waals surface area contributed by atoms with Gasteiger partial charge in [0.05, 0.1) is 18.3 Å². The van der Waals surface area contributed by atoms with E-state index in [1.165, 1.54) is 12.8 Å². The molecule has 0 aromatic carbocycles. The van der Waals surface area contributed by atoms with Gasteiger partial charge in [0.1, 0.15) is 0 Å². The Balaban J connectivity index is 0.00000196. The Morgan fingerprint density at radius 1 is 1.19 bits per heavy atom. The molecule has 1 aliphatic carbocycles. The SMILES string of the molecule is Cl.O=C(c1cn(C2CCNCC2)nn1)N(CC1CCCO1)C1CCCC1. The minimum atomic E-state index is 0. The monoisotopic (exact) mass is 383 g/mol. The van der Waals surface area contributed by atoms with Crippen LogP contribution in [0.4, 0.5) is 0 Å². The number of carbonyl (C=O) groups excluding carboxylic acids is 1. The molecule has 1 amide bonds. The molecule has 3 aliphatic rings. The van der Waals surface area contributed by atoms with Crippen LogP contribution in [0.3, 0.4) is 0 Å². The van der Waals surface area contributed by atoms with Gasteiger partial charge in [-0.05, 0) is 51.6 Å². The van der Waals surface area contributed by atoms with Crippen molar-refractivity contribution >= 4 is 18.3 Å². The van der Waals surface area contributed by atoms with Gasteiger partial charge >= 0.3 is 0 Å². The van der Waals surface area contributed by atoms with Crippen molar-refractivity contribution in [3.8, 4) is 0 Å². The molecular formula is C18H30ClN5O2. The summed E-state index contributed by atoms with van der Waals surface area (Å²) in [6, 6.07) is 0.689. The second-order valence-corrected chi connectivity index (χ2v) is 7.60. The molecule has 0 radical (unpaired) electrons. The van der Waals surface area contributed by atoms with E-state index >= 15 is 0 Å². The molecular weight excluding hydrogens is 354 g/mol. The Morgan fingerprint density at radius 3 is 2.65 bits per heavy atom. The van der Waals surface area contributed by atoms with Crippen molar-refractivity contribution in [2.45, 2.75) is 69.6 Å². The van der Waals surface area contributed by atoms with E-state index in [-0.39, 0.29) is 24.4 Å². The lowest BCUT2D eigenvalue weighted by Crippen LogP contribution is -2.43. The number of amides is 1. The van der Waals surface area contributed by atoms with Gasteiger partial charge in [0.25, 0.3) is 5.91 Å². The Kier molecular flexibility index (Phi) is 6.89. The number of nitrogens with zero attached hydrogens (tertiary/aromatic N) is 4. The zero-order valence-corrected chi connectivity index (χ0v) is 16.1. The van der Waals surface area contributed by atoms with Crippen LogP contribution in [0.25, 0.3) is 0 Å². The highest BCUT2D eigenvalue weighted by Crippen LogP contribution is 2.27. The summed E-state index contributed by atoms with van der Waals surface area (Å²) in [6.07, 6.45) is 10.9. The Morgan fingerprint density at radius 2 is 1.96 bits per heavy atom. The predicted octanol–water partition coefficient (Wildman–Crippen LogP) is 2.19. The summed E-state index contributed by atoms with van der Waals surface area (Å²) in [5.41, 5.74) is 0.489. The van der Waals surface area contributed by atoms with E-state index in [4.69, 9.17) is 4.74 Å². The van der Waals surface area contributed by atoms with Crippen molar-refractivity contribution < 1.29 is 9.53 Å². The van der Waals surface area contributed by atoms with Crippen LogP contribution in [0.1, 0.15) is 67.9 Å². The van der Waals surface area contributed by atoms with E-state index in [9.17, 15) is 4.79 Å². The van der Waals surface area contributed by atoms with Crippen LogP contribution in [-0.2, 0) is 4.74 Å². The van der Waals surface area contributed by atoms with Crippen molar-refractivity contribution in [2.75, 3.05) is 26.2 Å². The summed E-state index contributed by atoms with van der Waals surface area (Å²) in [4.78, 5) is 15.2. The standard InChI is InChI=1S/C18H29N5O2.ClH/c24-18(17-13-23(21-20-17)15-7-9-19-10-8-15)22(14-4-1-2-5-14)12-16-6-3-11-25-16;/h13-16,19H,1-12H2;1H. The van der Waals surface area contributed by atoms with Crippen LogP contribution in [0.2, 0.25) is 0 Å². The van der Waals surface area contributed by atoms with Crippen molar-refractivity contribution in [1.82, 2.24) is 25.2 Å². The molecule has 4 rings (SSSR count). The summed E-state index contributed by atoms with van der Waals surface area (Å²) >= 11 is 0. The van der Waals surface area contributed by atoms with Crippen LogP contribution in [0.15, 0.2) is 6.20 Å². The summed E-state index contributed by atoms with van der Waals surface area (Å²) < 4.78 is 7.68. The van der Waals surface area contributed by atoms with Crippen LogP contribution < -0.4 is 5.32 Å². The predicted molar refractivity (Wildman–Crippen MR) is 101 cm³/mol. The number of hydrogen-bond donors (Lipinski definition) is 1. The quantitative estimate of drug-likeness (QED) is 0.843. The lowest BCUT2D eigenvalue weighted by Gasteiger charge is -2.30. The molecule has 8 heteroatoms. The molecule has 1 saturated carbocycles. The molecule has 1 aromatic heterocycles. The van der Waals surface area contributed by atoms with Crippen LogP contribution in [0.5, 0.6) is 0 Å². The van der Waals surface area contributed by atoms with E-state index in [0.717, 1.165) is 58.2 Å². The topological polar surface area (TPSA) is 72.3 Å². The first-order valence-corrected chi connectivity index (χ1v) is 9.86. The molecule has 2 aliphatic heterocycles. The average molecular weight is 384 g/mol. The third-order valence-electron chi connectivity index (χ3n) is 5.86. The molecule has 0 spiro atoms. The summed E-state index contributed by atoms with van der Waals surface area (Å²) in [7, 11) is 0. The molecule has 7 nitrogen and oxygen atoms in total. The van der Waals surface area contributed by atoms with Crippen LogP contribution >= 0.6 is 12.4 Å². The lowest BCUT2D eigenvalue weighted by atomic mass is 10.1. The highest BCUT2D eigenvalue weighted by atomic mass is 35.5. The lowest BCUT2D eigenvalue weighted by molar-refractivity contribution is 0.0416. The molecule has 26 heavy (non-hydrogen) atoms. The highest BCUT2D eigenvalue weighted by Gasteiger charge is 2.32. The normalized spacial score (nSPS) is 24.5. The molecule has 1 aromatic rings. The number of nitrogens with one attached hydrogen (secondary N) is 1. The van der Waals surface area contributed by atoms with Crippen molar-refractivity contribution in [3.05, 3.63) is 11.9 Å². The molecule has 2 saturated heterocycles. The van der Waals surface area contributed by atoms with Gasteiger partial charge in [0.2, 0.25) is 0 Å².